The highest BCUT2D eigenvalue weighted by Gasteiger charge is 2.46. The molecule has 4 aromatic carbocycles. The minimum Gasteiger partial charge on any atom is -0.493 e. The molecule has 24 heteroatoms. The minimum absolute atomic E-state index is 0.0109. The zero-order valence-corrected chi connectivity index (χ0v) is 50.4. The van der Waals surface area contributed by atoms with E-state index >= 15 is 4.79 Å². The van der Waals surface area contributed by atoms with Crippen LogP contribution in [0.25, 0.3) is 0 Å². The second kappa shape index (κ2) is 30.8. The molecule has 4 aliphatic rings. The van der Waals surface area contributed by atoms with Gasteiger partial charge in [-0.15, -0.1) is 5.10 Å². The zero-order chi connectivity index (χ0) is 62.1. The summed E-state index contributed by atoms with van der Waals surface area (Å²) < 4.78 is 59.5. The van der Waals surface area contributed by atoms with Crippen LogP contribution in [-0.4, -0.2) is 160 Å². The number of amides is 6. The molecule has 4 atom stereocenters. The van der Waals surface area contributed by atoms with Crippen LogP contribution in [0.5, 0.6) is 34.5 Å². The van der Waals surface area contributed by atoms with Crippen molar-refractivity contribution in [1.29, 1.82) is 0 Å². The number of likely N-dealkylation sites (tertiary alicyclic amines) is 1. The number of rotatable bonds is 30. The molecule has 0 bridgehead atoms. The first-order valence-electron chi connectivity index (χ1n) is 29.8. The van der Waals surface area contributed by atoms with Crippen LogP contribution in [0.1, 0.15) is 126 Å². The molecule has 1 unspecified atom stereocenters. The molecule has 470 valence electrons. The quantitative estimate of drug-likeness (QED) is 0.0267. The molecule has 1 saturated carbocycles. The van der Waals surface area contributed by atoms with Crippen molar-refractivity contribution in [3.8, 4) is 34.5 Å². The van der Waals surface area contributed by atoms with E-state index in [1.54, 1.807) is 51.3 Å². The minimum atomic E-state index is -1.13. The van der Waals surface area contributed by atoms with Crippen LogP contribution in [0.15, 0.2) is 79.0 Å². The van der Waals surface area contributed by atoms with Crippen molar-refractivity contribution in [2.24, 2.45) is 5.92 Å². The average Bonchev–Trinajstić information content (AvgIpc) is 1.78. The van der Waals surface area contributed by atoms with Crippen molar-refractivity contribution >= 4 is 47.1 Å². The van der Waals surface area contributed by atoms with Gasteiger partial charge in [0.1, 0.15) is 42.8 Å². The Morgan fingerprint density at radius 2 is 1.42 bits per heavy atom. The summed E-state index contributed by atoms with van der Waals surface area (Å²) in [7, 11) is 7.85. The summed E-state index contributed by atoms with van der Waals surface area (Å²) in [6, 6.07) is 19.4. The van der Waals surface area contributed by atoms with Crippen LogP contribution in [0.2, 0.25) is 0 Å². The SMILES string of the molecule is COc1ccc(CC[C@@H](OC(=O)[C@@H]2CCCCN2C(=O)[C@H](c2cc(OC)c(OC)c(OC)c2)C2CCCCC2)c2cccc(OCc3cn(CCOCCOCCOCC(=O)Nc4cccc5c4C(=O)N(C4CCC(=O)NC4=O)C5=O)nn3)c2)cc1OC. The summed E-state index contributed by atoms with van der Waals surface area (Å²) in [6.07, 6.45) is 8.84. The number of hydrogen-bond acceptors (Lipinski definition) is 19. The van der Waals surface area contributed by atoms with Crippen molar-refractivity contribution in [2.75, 3.05) is 87.1 Å². The topological polar surface area (TPSA) is 273 Å². The highest BCUT2D eigenvalue weighted by molar-refractivity contribution is 6.26. The van der Waals surface area contributed by atoms with Crippen molar-refractivity contribution in [2.45, 2.75) is 114 Å². The number of ether oxygens (including phenoxy) is 10. The van der Waals surface area contributed by atoms with Crippen LogP contribution in [0.4, 0.5) is 5.69 Å². The zero-order valence-electron chi connectivity index (χ0n) is 50.4. The van der Waals surface area contributed by atoms with Gasteiger partial charge in [-0.1, -0.05) is 48.7 Å². The number of hydrogen-bond donors (Lipinski definition) is 2. The monoisotopic (exact) mass is 1220 g/mol. The average molecular weight is 1220 g/mol. The number of fused-ring (bicyclic) bond motifs is 1. The second-order valence-electron chi connectivity index (χ2n) is 21.9. The normalized spacial score (nSPS) is 17.6. The van der Waals surface area contributed by atoms with E-state index in [2.05, 4.69) is 20.9 Å². The maximum absolute atomic E-state index is 15.2. The van der Waals surface area contributed by atoms with Gasteiger partial charge in [-0.25, -0.2) is 9.48 Å². The lowest BCUT2D eigenvalue weighted by Gasteiger charge is -2.40. The first kappa shape index (κ1) is 63.9. The Hall–Kier alpha value is -8.61. The summed E-state index contributed by atoms with van der Waals surface area (Å²) in [4.78, 5) is 96.0. The maximum Gasteiger partial charge on any atom is 0.329 e. The Balaban J connectivity index is 0.753. The number of piperidine rings is 2. The number of imide groups is 2. The molecule has 1 aromatic heterocycles. The molecular weight excluding hydrogens is 1140 g/mol. The van der Waals surface area contributed by atoms with Gasteiger partial charge in [-0.2, -0.15) is 0 Å². The number of carbonyl (C=O) groups excluding carboxylic acids is 7. The van der Waals surface area contributed by atoms with Gasteiger partial charge >= 0.3 is 5.97 Å². The van der Waals surface area contributed by atoms with E-state index in [0.717, 1.165) is 61.0 Å². The highest BCUT2D eigenvalue weighted by atomic mass is 16.6. The summed E-state index contributed by atoms with van der Waals surface area (Å²) in [5, 5.41) is 13.3. The molecule has 4 heterocycles. The van der Waals surface area contributed by atoms with E-state index in [1.807, 2.05) is 54.6 Å². The van der Waals surface area contributed by atoms with Crippen LogP contribution in [-0.2, 0) is 62.5 Å². The van der Waals surface area contributed by atoms with Crippen molar-refractivity contribution in [3.05, 3.63) is 113 Å². The number of nitrogens with zero attached hydrogens (tertiary/aromatic N) is 5. The summed E-state index contributed by atoms with van der Waals surface area (Å²) in [5.74, 6) is -1.18. The second-order valence-corrected chi connectivity index (χ2v) is 21.9. The third-order valence-electron chi connectivity index (χ3n) is 16.3. The van der Waals surface area contributed by atoms with Gasteiger partial charge in [-0.05, 0) is 123 Å². The Kier molecular flexibility index (Phi) is 22.4. The van der Waals surface area contributed by atoms with Crippen LogP contribution >= 0.6 is 0 Å². The molecule has 9 rings (SSSR count). The number of aryl methyl sites for hydroxylation is 1. The standard InChI is InChI=1S/C64H77N7O17/c1-79-51-24-21-40(33-52(51)80-2)20-23-50(88-64(78)49-19-9-10-26-70(49)62(76)57(41-13-7-6-8-14-41)43-35-53(81-3)59(83-5)54(36-43)82-4)42-15-11-16-45(34-42)87-38-44-37-69(68-67-44)27-28-84-29-30-85-31-32-86-39-56(73)65-47-18-12-17-46-58(47)63(77)71(61(46)75)48-22-25-55(72)66-60(48)74/h11-12,15-18,21,24,33-37,41,48-50,57H,6-10,13-14,19-20,22-23,25-32,38-39H2,1-5H3,(H,65,73)(H,66,72,74)/t48?,49-,50+,57-/m0/s1. The van der Waals surface area contributed by atoms with Crippen molar-refractivity contribution < 1.29 is 80.9 Å². The number of aromatic nitrogens is 3. The summed E-state index contributed by atoms with van der Waals surface area (Å²) >= 11 is 0. The first-order valence-corrected chi connectivity index (χ1v) is 29.8. The van der Waals surface area contributed by atoms with E-state index in [9.17, 15) is 28.8 Å². The van der Waals surface area contributed by atoms with Gasteiger partial charge in [0.05, 0.1) is 104 Å². The molecule has 5 aromatic rings. The molecule has 0 radical (unpaired) electrons. The molecule has 24 nitrogen and oxygen atoms in total. The third kappa shape index (κ3) is 15.6. The van der Waals surface area contributed by atoms with Gasteiger partial charge in [-0.3, -0.25) is 39.0 Å². The molecule has 88 heavy (non-hydrogen) atoms. The van der Waals surface area contributed by atoms with Gasteiger partial charge in [0.2, 0.25) is 29.4 Å². The van der Waals surface area contributed by atoms with E-state index < -0.39 is 59.6 Å². The van der Waals surface area contributed by atoms with Crippen molar-refractivity contribution in [1.82, 2.24) is 30.1 Å². The van der Waals surface area contributed by atoms with E-state index in [-0.39, 0.29) is 81.1 Å². The number of esters is 1. The van der Waals surface area contributed by atoms with Gasteiger partial charge in [0.15, 0.2) is 23.0 Å². The van der Waals surface area contributed by atoms with Crippen LogP contribution in [0, 0.1) is 5.92 Å². The first-order chi connectivity index (χ1) is 42.8. The summed E-state index contributed by atoms with van der Waals surface area (Å²) in [6.45, 7) is 1.70. The number of anilines is 1. The molecule has 3 fully saturated rings. The predicted molar refractivity (Wildman–Crippen MR) is 316 cm³/mol. The van der Waals surface area contributed by atoms with E-state index in [0.29, 0.717) is 84.7 Å². The Labute approximate surface area is 510 Å². The maximum atomic E-state index is 15.2. The molecular formula is C64H77N7O17. The Morgan fingerprint density at radius 3 is 2.15 bits per heavy atom. The van der Waals surface area contributed by atoms with Crippen LogP contribution in [0.3, 0.4) is 0 Å². The van der Waals surface area contributed by atoms with Gasteiger partial charge in [0.25, 0.3) is 11.8 Å². The van der Waals surface area contributed by atoms with E-state index in [4.69, 9.17) is 47.4 Å². The molecule has 0 spiro atoms. The number of methoxy groups -OCH3 is 5. The number of benzene rings is 4. The summed E-state index contributed by atoms with van der Waals surface area (Å²) in [5.41, 5.74) is 3.11. The fourth-order valence-corrected chi connectivity index (χ4v) is 11.9. The molecule has 6 amide bonds. The fourth-order valence-electron chi connectivity index (χ4n) is 11.9. The lowest BCUT2D eigenvalue weighted by atomic mass is 9.75. The van der Waals surface area contributed by atoms with Crippen molar-refractivity contribution in [3.63, 3.8) is 0 Å². The predicted octanol–water partition coefficient (Wildman–Crippen LogP) is 6.95. The number of nitrogens with one attached hydrogen (secondary N) is 2. The Bertz CT molecular complexity index is 3270. The Morgan fingerprint density at radius 1 is 0.705 bits per heavy atom. The molecule has 2 saturated heterocycles. The lowest BCUT2D eigenvalue weighted by molar-refractivity contribution is -0.163. The highest BCUT2D eigenvalue weighted by Crippen LogP contribution is 2.45. The largest absolute Gasteiger partial charge is 0.493 e. The molecule has 1 aliphatic carbocycles. The van der Waals surface area contributed by atoms with Gasteiger partial charge in [0, 0.05) is 13.0 Å². The van der Waals surface area contributed by atoms with Crippen LogP contribution < -0.4 is 39.1 Å². The molecule has 2 N–H and O–H groups in total. The number of carbonyl (C=O) groups is 7. The molecule has 3 aliphatic heterocycles. The van der Waals surface area contributed by atoms with Gasteiger partial charge < -0.3 is 57.6 Å². The fraction of sp³-hybridized carbons (Fsp3) is 0.484. The van der Waals surface area contributed by atoms with E-state index in [1.165, 1.54) is 18.2 Å². The smallest absolute Gasteiger partial charge is 0.329 e. The lowest BCUT2D eigenvalue weighted by Crippen LogP contribution is -2.54. The third-order valence-corrected chi connectivity index (χ3v) is 16.3.